The standard InChI is InChI=1S/C19H21F2N.H2/c1-12-2-4-13(5-3-12)14-6-8-15(9-7-14)16-10-17(20)19(22)18(21)11-16;/h6-13H,2-5,22H2,1H3;1H. The summed E-state index contributed by atoms with van der Waals surface area (Å²) in [6.45, 7) is 2.31. The second-order valence-electron chi connectivity index (χ2n) is 6.43. The minimum absolute atomic E-state index is 0. The molecule has 22 heavy (non-hydrogen) atoms. The van der Waals surface area contributed by atoms with E-state index < -0.39 is 17.3 Å². The molecule has 2 aromatic carbocycles. The first kappa shape index (κ1) is 15.0. The molecule has 0 amide bonds. The van der Waals surface area contributed by atoms with Gasteiger partial charge in [-0.3, -0.25) is 0 Å². The van der Waals surface area contributed by atoms with Gasteiger partial charge in [-0.25, -0.2) is 8.78 Å². The number of hydrogen-bond donors (Lipinski definition) is 1. The lowest BCUT2D eigenvalue weighted by Crippen LogP contribution is -2.10. The molecular weight excluding hydrogens is 280 g/mol. The molecule has 2 N–H and O–H groups in total. The fourth-order valence-corrected chi connectivity index (χ4v) is 3.29. The molecule has 3 rings (SSSR count). The fraction of sp³-hybridized carbons (Fsp3) is 0.368. The normalized spacial score (nSPS) is 21.8. The maximum Gasteiger partial charge on any atom is 0.149 e. The molecule has 118 valence electrons. The van der Waals surface area contributed by atoms with E-state index in [2.05, 4.69) is 19.1 Å². The Kier molecular flexibility index (Phi) is 4.14. The minimum atomic E-state index is -0.708. The van der Waals surface area contributed by atoms with E-state index in [0.29, 0.717) is 11.5 Å². The van der Waals surface area contributed by atoms with E-state index >= 15 is 0 Å². The van der Waals surface area contributed by atoms with Crippen LogP contribution in [-0.2, 0) is 0 Å². The van der Waals surface area contributed by atoms with Crippen molar-refractivity contribution in [3.63, 3.8) is 0 Å². The van der Waals surface area contributed by atoms with Gasteiger partial charge in [0.1, 0.15) is 17.3 Å². The Labute approximate surface area is 131 Å². The number of halogens is 2. The largest absolute Gasteiger partial charge is 0.394 e. The summed E-state index contributed by atoms with van der Waals surface area (Å²) in [6, 6.07) is 10.6. The zero-order chi connectivity index (χ0) is 15.7. The first-order chi connectivity index (χ1) is 10.5. The van der Waals surface area contributed by atoms with Crippen molar-refractivity contribution in [3.05, 3.63) is 53.6 Å². The van der Waals surface area contributed by atoms with E-state index in [1.807, 2.05) is 12.1 Å². The van der Waals surface area contributed by atoms with E-state index in [1.54, 1.807) is 0 Å². The van der Waals surface area contributed by atoms with Crippen molar-refractivity contribution >= 4 is 5.69 Å². The fourth-order valence-electron chi connectivity index (χ4n) is 3.29. The van der Waals surface area contributed by atoms with Crippen LogP contribution in [0.25, 0.3) is 11.1 Å². The van der Waals surface area contributed by atoms with Crippen LogP contribution in [0.5, 0.6) is 0 Å². The van der Waals surface area contributed by atoms with Crippen LogP contribution >= 0.6 is 0 Å². The highest BCUT2D eigenvalue weighted by atomic mass is 19.1. The number of rotatable bonds is 2. The Morgan fingerprint density at radius 2 is 1.45 bits per heavy atom. The van der Waals surface area contributed by atoms with Gasteiger partial charge in [0.05, 0.1) is 0 Å². The number of hydrogen-bond acceptors (Lipinski definition) is 1. The summed E-state index contributed by atoms with van der Waals surface area (Å²) < 4.78 is 27.1. The Bertz CT molecular complexity index is 639. The number of nitrogen functional groups attached to an aromatic ring is 1. The molecule has 0 bridgehead atoms. The second-order valence-corrected chi connectivity index (χ2v) is 6.43. The molecule has 2 aromatic rings. The van der Waals surface area contributed by atoms with Gasteiger partial charge in [0.2, 0.25) is 0 Å². The summed E-state index contributed by atoms with van der Waals surface area (Å²) in [6.07, 6.45) is 5.01. The Morgan fingerprint density at radius 3 is 2.00 bits per heavy atom. The highest BCUT2D eigenvalue weighted by Crippen LogP contribution is 2.36. The third-order valence-electron chi connectivity index (χ3n) is 4.81. The van der Waals surface area contributed by atoms with Gasteiger partial charge in [-0.1, -0.05) is 44.0 Å². The smallest absolute Gasteiger partial charge is 0.149 e. The van der Waals surface area contributed by atoms with Crippen molar-refractivity contribution in [2.24, 2.45) is 5.92 Å². The number of benzene rings is 2. The Morgan fingerprint density at radius 1 is 0.909 bits per heavy atom. The molecule has 1 nitrogen and oxygen atoms in total. The predicted octanol–water partition coefficient (Wildman–Crippen LogP) is 5.75. The summed E-state index contributed by atoms with van der Waals surface area (Å²) in [5.41, 5.74) is 7.55. The highest BCUT2D eigenvalue weighted by Gasteiger charge is 2.19. The van der Waals surface area contributed by atoms with E-state index in [4.69, 9.17) is 5.73 Å². The molecule has 3 heteroatoms. The SMILES string of the molecule is CC1CCC(c2ccc(-c3cc(F)c(N)c(F)c3)cc2)CC1.[HH]. The molecule has 1 aliphatic carbocycles. The third kappa shape index (κ3) is 2.99. The van der Waals surface area contributed by atoms with Gasteiger partial charge < -0.3 is 5.73 Å². The lowest BCUT2D eigenvalue weighted by molar-refractivity contribution is 0.348. The molecule has 0 atom stereocenters. The summed E-state index contributed by atoms with van der Waals surface area (Å²) in [4.78, 5) is 0. The Balaban J connectivity index is 0.00000192. The highest BCUT2D eigenvalue weighted by molar-refractivity contribution is 5.66. The van der Waals surface area contributed by atoms with Crippen molar-refractivity contribution in [2.45, 2.75) is 38.5 Å². The number of nitrogens with two attached hydrogens (primary N) is 1. The van der Waals surface area contributed by atoms with Crippen molar-refractivity contribution in [1.82, 2.24) is 0 Å². The molecule has 0 aliphatic heterocycles. The van der Waals surface area contributed by atoms with Crippen LogP contribution in [-0.4, -0.2) is 0 Å². The number of anilines is 1. The third-order valence-corrected chi connectivity index (χ3v) is 4.81. The van der Waals surface area contributed by atoms with Crippen molar-refractivity contribution in [1.29, 1.82) is 0 Å². The molecule has 0 aromatic heterocycles. The zero-order valence-corrected chi connectivity index (χ0v) is 12.8. The molecule has 0 saturated heterocycles. The van der Waals surface area contributed by atoms with E-state index in [9.17, 15) is 8.78 Å². The van der Waals surface area contributed by atoms with Gasteiger partial charge in [0.15, 0.2) is 0 Å². The lowest BCUT2D eigenvalue weighted by Gasteiger charge is -2.26. The van der Waals surface area contributed by atoms with Gasteiger partial charge >= 0.3 is 0 Å². The van der Waals surface area contributed by atoms with Crippen LogP contribution in [0.15, 0.2) is 36.4 Å². The molecule has 1 saturated carbocycles. The average molecular weight is 303 g/mol. The Hall–Kier alpha value is -1.90. The quantitative estimate of drug-likeness (QED) is 0.702. The maximum atomic E-state index is 13.6. The molecule has 1 aliphatic rings. The molecule has 0 radical (unpaired) electrons. The summed E-state index contributed by atoms with van der Waals surface area (Å²) >= 11 is 0. The van der Waals surface area contributed by atoms with Crippen molar-refractivity contribution in [3.8, 4) is 11.1 Å². The predicted molar refractivity (Wildman–Crippen MR) is 88.7 cm³/mol. The van der Waals surface area contributed by atoms with Crippen LogP contribution in [0, 0.1) is 17.6 Å². The first-order valence-corrected chi connectivity index (χ1v) is 7.89. The van der Waals surface area contributed by atoms with Crippen molar-refractivity contribution < 1.29 is 10.2 Å². The van der Waals surface area contributed by atoms with Crippen LogP contribution in [0.4, 0.5) is 14.5 Å². The average Bonchev–Trinajstić information content (AvgIpc) is 2.53. The van der Waals surface area contributed by atoms with Crippen LogP contribution < -0.4 is 5.73 Å². The van der Waals surface area contributed by atoms with Crippen LogP contribution in [0.2, 0.25) is 0 Å². The van der Waals surface area contributed by atoms with Crippen molar-refractivity contribution in [2.75, 3.05) is 5.73 Å². The van der Waals surface area contributed by atoms with Crippen LogP contribution in [0.3, 0.4) is 0 Å². The molecule has 0 heterocycles. The van der Waals surface area contributed by atoms with Gasteiger partial charge in [0, 0.05) is 1.43 Å². The molecule has 0 unspecified atom stereocenters. The second kappa shape index (κ2) is 6.07. The van der Waals surface area contributed by atoms with E-state index in [0.717, 1.165) is 11.5 Å². The lowest BCUT2D eigenvalue weighted by atomic mass is 9.79. The van der Waals surface area contributed by atoms with Crippen LogP contribution in [0.1, 0.15) is 45.5 Å². The summed E-state index contributed by atoms with van der Waals surface area (Å²) in [7, 11) is 0. The van der Waals surface area contributed by atoms with Gasteiger partial charge in [-0.15, -0.1) is 0 Å². The summed E-state index contributed by atoms with van der Waals surface area (Å²) in [5.74, 6) is 0.0297. The van der Waals surface area contributed by atoms with Gasteiger partial charge in [-0.2, -0.15) is 0 Å². The molecule has 0 spiro atoms. The van der Waals surface area contributed by atoms with Gasteiger partial charge in [-0.05, 0) is 53.5 Å². The van der Waals surface area contributed by atoms with E-state index in [-0.39, 0.29) is 1.43 Å². The van der Waals surface area contributed by atoms with Gasteiger partial charge in [0.25, 0.3) is 0 Å². The molecule has 1 fully saturated rings. The zero-order valence-electron chi connectivity index (χ0n) is 12.8. The first-order valence-electron chi connectivity index (χ1n) is 7.89. The minimum Gasteiger partial charge on any atom is -0.394 e. The monoisotopic (exact) mass is 303 g/mol. The van der Waals surface area contributed by atoms with E-state index in [1.165, 1.54) is 43.4 Å². The maximum absolute atomic E-state index is 13.6. The molecular formula is C19H23F2N. The summed E-state index contributed by atoms with van der Waals surface area (Å²) in [5, 5.41) is 0. The topological polar surface area (TPSA) is 26.0 Å².